The van der Waals surface area contributed by atoms with Gasteiger partial charge >= 0.3 is 12.4 Å². The Morgan fingerprint density at radius 3 is 1.42 bits per heavy atom. The molecule has 2 aliphatic rings. The van der Waals surface area contributed by atoms with Gasteiger partial charge in [0.15, 0.2) is 19.7 Å². The van der Waals surface area contributed by atoms with Crippen LogP contribution in [0.2, 0.25) is 10.3 Å². The first-order valence-electron chi connectivity index (χ1n) is 25.3. The number of rotatable bonds is 17. The van der Waals surface area contributed by atoms with E-state index in [1.54, 1.807) is 86.6 Å². The first kappa shape index (κ1) is 59.9. The summed E-state index contributed by atoms with van der Waals surface area (Å²) in [6, 6.07) is 24.6. The van der Waals surface area contributed by atoms with Crippen LogP contribution < -0.4 is 20.1 Å². The molecule has 0 aliphatic heterocycles. The molecule has 0 spiro atoms. The van der Waals surface area contributed by atoms with Crippen molar-refractivity contribution >= 4 is 76.2 Å². The average molecular weight is 1170 g/mol. The summed E-state index contributed by atoms with van der Waals surface area (Å²) in [6.45, 7) is 3.40. The third-order valence-corrected chi connectivity index (χ3v) is 18.1. The molecule has 2 aromatic heterocycles. The van der Waals surface area contributed by atoms with Crippen LogP contribution in [0, 0.1) is 23.7 Å². The van der Waals surface area contributed by atoms with Gasteiger partial charge in [-0.3, -0.25) is 9.59 Å². The smallest absolute Gasteiger partial charge is 0.391 e. The Balaban J connectivity index is 0.000000226. The van der Waals surface area contributed by atoms with Gasteiger partial charge in [-0.15, -0.1) is 0 Å². The normalized spacial score (nSPS) is 18.6. The number of aliphatic hydroxyl groups is 1. The predicted molar refractivity (Wildman–Crippen MR) is 284 cm³/mol. The molecule has 0 bridgehead atoms. The minimum atomic E-state index is -4.17. The molecule has 2 aliphatic carbocycles. The monoisotopic (exact) mass is 1170 g/mol. The van der Waals surface area contributed by atoms with Crippen LogP contribution in [-0.2, 0) is 26.2 Å². The van der Waals surface area contributed by atoms with E-state index >= 15 is 0 Å². The maximum Gasteiger partial charge on any atom is 0.391 e. The highest BCUT2D eigenvalue weighted by molar-refractivity contribution is 7.91. The SMILES string of the molecule is CCS(=O)(=O)c1ccc(CNC(=O)c2ccc3c(OCC4CCC(C(F)(F)F)CC4)nc(Cl)cc3c2)cc1.CCS(=O)(=O)c1ccc([C@H](CO)NC(=O)c2ccc3c(OCC4CCC(C(F)(F)F)CC4)nc(Cl)cc3c2)cc1. The van der Waals surface area contributed by atoms with Crippen molar-refractivity contribution < 1.29 is 67.3 Å². The van der Waals surface area contributed by atoms with Crippen LogP contribution in [0.15, 0.2) is 107 Å². The highest BCUT2D eigenvalue weighted by atomic mass is 35.5. The molecule has 6 aromatic rings. The molecule has 8 rings (SSSR count). The fourth-order valence-electron chi connectivity index (χ4n) is 9.41. The molecule has 2 amide bonds. The number of amides is 2. The number of sulfone groups is 2. The average Bonchev–Trinajstić information content (AvgIpc) is 3.47. The molecule has 420 valence electrons. The Kier molecular flexibility index (Phi) is 19.7. The summed E-state index contributed by atoms with van der Waals surface area (Å²) >= 11 is 12.4. The number of benzene rings is 4. The Labute approximate surface area is 458 Å². The number of carbonyl (C=O) groups excluding carboxylic acids is 2. The van der Waals surface area contributed by atoms with Crippen LogP contribution in [0.25, 0.3) is 21.5 Å². The van der Waals surface area contributed by atoms with Crippen molar-refractivity contribution in [3.63, 3.8) is 0 Å². The number of hydrogen-bond donors (Lipinski definition) is 3. The summed E-state index contributed by atoms with van der Waals surface area (Å²) in [5, 5.41) is 18.2. The van der Waals surface area contributed by atoms with E-state index in [1.807, 2.05) is 0 Å². The second-order valence-electron chi connectivity index (χ2n) is 19.4. The van der Waals surface area contributed by atoms with Crippen LogP contribution in [-0.4, -0.2) is 87.4 Å². The number of aromatic nitrogens is 2. The lowest BCUT2D eigenvalue weighted by molar-refractivity contribution is -0.185. The summed E-state index contributed by atoms with van der Waals surface area (Å²) < 4.78 is 137. The molecule has 13 nitrogen and oxygen atoms in total. The van der Waals surface area contributed by atoms with E-state index in [1.165, 1.54) is 24.3 Å². The van der Waals surface area contributed by atoms with Crippen LogP contribution in [0.4, 0.5) is 26.3 Å². The quantitative estimate of drug-likeness (QED) is 0.0582. The number of ether oxygens (including phenoxy) is 2. The zero-order chi connectivity index (χ0) is 56.6. The van der Waals surface area contributed by atoms with E-state index in [-0.39, 0.29) is 112 Å². The number of pyridine rings is 2. The largest absolute Gasteiger partial charge is 0.477 e. The van der Waals surface area contributed by atoms with Crippen LogP contribution in [0.1, 0.15) is 103 Å². The summed E-state index contributed by atoms with van der Waals surface area (Å²) in [4.78, 5) is 34.7. The van der Waals surface area contributed by atoms with Gasteiger partial charge in [-0.1, -0.05) is 61.3 Å². The van der Waals surface area contributed by atoms with Crippen molar-refractivity contribution in [2.75, 3.05) is 31.3 Å². The van der Waals surface area contributed by atoms with Crippen molar-refractivity contribution in [3.05, 3.63) is 130 Å². The van der Waals surface area contributed by atoms with E-state index in [0.717, 1.165) is 5.56 Å². The Hall–Kier alpha value is -5.74. The fourth-order valence-corrected chi connectivity index (χ4v) is 11.6. The van der Waals surface area contributed by atoms with Gasteiger partial charge in [-0.05, 0) is 158 Å². The van der Waals surface area contributed by atoms with Gasteiger partial charge in [0.05, 0.1) is 59.0 Å². The summed E-state index contributed by atoms with van der Waals surface area (Å²) in [6.07, 6.45) is -6.26. The summed E-state index contributed by atoms with van der Waals surface area (Å²) in [5.74, 6) is -2.83. The number of hydrogen-bond acceptors (Lipinski definition) is 11. The molecule has 3 N–H and O–H groups in total. The van der Waals surface area contributed by atoms with Crippen molar-refractivity contribution in [3.8, 4) is 11.8 Å². The van der Waals surface area contributed by atoms with E-state index in [2.05, 4.69) is 20.6 Å². The van der Waals surface area contributed by atoms with Crippen LogP contribution in [0.5, 0.6) is 11.8 Å². The number of fused-ring (bicyclic) bond motifs is 2. The van der Waals surface area contributed by atoms with Gasteiger partial charge in [-0.25, -0.2) is 26.8 Å². The standard InChI is InChI=1S/C28H30ClF3N2O5S.C27H28ClF3N2O4S/c1-2-40(37,38)22-10-5-18(6-11-22)24(15-35)33-26(36)19-7-12-23-20(13-19)14-25(29)34-27(23)39-16-17-3-8-21(9-4-17)28(30,31)32;1-2-38(35,36)22-10-5-17(6-11-22)15-32-25(34)19-7-12-23-20(13-19)14-24(28)33-26(23)37-16-18-3-8-21(9-4-18)27(29,30)31/h5-7,10-14,17,21,24,35H,2-4,8-9,15-16H2,1H3,(H,33,36);5-7,10-14,18,21H,2-4,8-9,15-16H2,1H3,(H,32,34)/t17?,21?,24-;/m0./s1. The third kappa shape index (κ3) is 15.5. The van der Waals surface area contributed by atoms with Crippen molar-refractivity contribution in [1.82, 2.24) is 20.6 Å². The Morgan fingerprint density at radius 2 is 1.03 bits per heavy atom. The van der Waals surface area contributed by atoms with E-state index < -0.39 is 62.4 Å². The lowest BCUT2D eigenvalue weighted by Crippen LogP contribution is -2.30. The van der Waals surface area contributed by atoms with E-state index in [9.17, 15) is 57.9 Å². The molecule has 1 atom stereocenters. The van der Waals surface area contributed by atoms with Crippen LogP contribution >= 0.6 is 23.2 Å². The van der Waals surface area contributed by atoms with E-state index in [4.69, 9.17) is 32.7 Å². The lowest BCUT2D eigenvalue weighted by atomic mass is 9.82. The molecule has 2 saturated carbocycles. The van der Waals surface area contributed by atoms with Crippen molar-refractivity contribution in [2.45, 2.75) is 99.9 Å². The third-order valence-electron chi connectivity index (χ3n) is 14.2. The number of aliphatic hydroxyl groups excluding tert-OH is 1. The molecule has 23 heteroatoms. The van der Waals surface area contributed by atoms with Crippen molar-refractivity contribution in [1.29, 1.82) is 0 Å². The van der Waals surface area contributed by atoms with Crippen molar-refractivity contribution in [2.24, 2.45) is 23.7 Å². The maximum atomic E-state index is 13.0. The van der Waals surface area contributed by atoms with Gasteiger partial charge in [0.1, 0.15) is 10.3 Å². The highest BCUT2D eigenvalue weighted by Gasteiger charge is 2.42. The van der Waals surface area contributed by atoms with Gasteiger partial charge in [-0.2, -0.15) is 26.3 Å². The highest BCUT2D eigenvalue weighted by Crippen LogP contribution is 2.41. The molecule has 2 heterocycles. The Morgan fingerprint density at radius 1 is 0.615 bits per heavy atom. The molecular formula is C55H58Cl2F6N4O9S2. The summed E-state index contributed by atoms with van der Waals surface area (Å²) in [5.41, 5.74) is 1.97. The Bertz CT molecular complexity index is 3300. The van der Waals surface area contributed by atoms with Crippen LogP contribution in [0.3, 0.4) is 0 Å². The molecule has 0 saturated heterocycles. The van der Waals surface area contributed by atoms with E-state index in [0.29, 0.717) is 58.4 Å². The molecule has 4 aromatic carbocycles. The molecular weight excluding hydrogens is 1110 g/mol. The first-order chi connectivity index (χ1) is 36.9. The molecule has 0 radical (unpaired) electrons. The number of alkyl halides is 6. The van der Waals surface area contributed by atoms with Gasteiger partial charge in [0.2, 0.25) is 11.8 Å². The minimum Gasteiger partial charge on any atom is -0.477 e. The molecule has 0 unspecified atom stereocenters. The topological polar surface area (TPSA) is 191 Å². The second-order valence-corrected chi connectivity index (χ2v) is 24.8. The molecule has 78 heavy (non-hydrogen) atoms. The number of nitrogens with zero attached hydrogens (tertiary/aromatic N) is 2. The number of nitrogens with one attached hydrogen (secondary N) is 2. The number of halogens is 8. The van der Waals surface area contributed by atoms with Gasteiger partial charge in [0, 0.05) is 28.4 Å². The second kappa shape index (κ2) is 25.6. The number of carbonyl (C=O) groups is 2. The minimum absolute atomic E-state index is 0.00521. The first-order valence-corrected chi connectivity index (χ1v) is 29.4. The maximum absolute atomic E-state index is 13.0. The van der Waals surface area contributed by atoms with Gasteiger partial charge in [0.25, 0.3) is 11.8 Å². The zero-order valence-electron chi connectivity index (χ0n) is 42.5. The lowest BCUT2D eigenvalue weighted by Gasteiger charge is -2.29. The van der Waals surface area contributed by atoms with Gasteiger partial charge < -0.3 is 25.2 Å². The predicted octanol–water partition coefficient (Wildman–Crippen LogP) is 12.3. The fraction of sp³-hybridized carbons (Fsp3) is 0.418. The summed E-state index contributed by atoms with van der Waals surface area (Å²) in [7, 11) is -6.67. The molecule has 2 fully saturated rings. The zero-order valence-corrected chi connectivity index (χ0v) is 45.6.